The van der Waals surface area contributed by atoms with Crippen molar-refractivity contribution in [3.8, 4) is 5.75 Å². The lowest BCUT2D eigenvalue weighted by Gasteiger charge is -2.36. The summed E-state index contributed by atoms with van der Waals surface area (Å²) >= 11 is 0. The summed E-state index contributed by atoms with van der Waals surface area (Å²) in [5, 5.41) is 0. The fourth-order valence-corrected chi connectivity index (χ4v) is 4.20. The van der Waals surface area contributed by atoms with Crippen LogP contribution in [0.5, 0.6) is 5.75 Å². The average molecular weight is 450 g/mol. The Labute approximate surface area is 192 Å². The van der Waals surface area contributed by atoms with Gasteiger partial charge in [0.2, 0.25) is 5.91 Å². The van der Waals surface area contributed by atoms with E-state index in [2.05, 4.69) is 13.8 Å². The summed E-state index contributed by atoms with van der Waals surface area (Å²) in [6.07, 6.45) is 5.67. The van der Waals surface area contributed by atoms with Gasteiger partial charge in [-0.2, -0.15) is 0 Å². The molecule has 2 rings (SSSR count). The quantitative estimate of drug-likeness (QED) is 0.346. The Bertz CT molecular complexity index is 723. The molecule has 1 aromatic rings. The number of unbranched alkanes of at least 4 members (excludes halogenated alkanes) is 1. The van der Waals surface area contributed by atoms with Gasteiger partial charge in [0, 0.05) is 20.1 Å². The zero-order chi connectivity index (χ0) is 23.5. The highest BCUT2D eigenvalue weighted by atomic mass is 16.5. The molecule has 32 heavy (non-hydrogen) atoms. The molecule has 1 amide bonds. The second-order valence-electron chi connectivity index (χ2n) is 8.60. The minimum absolute atomic E-state index is 0.000745. The Kier molecular flexibility index (Phi) is 11.0. The van der Waals surface area contributed by atoms with Crippen molar-refractivity contribution < 1.29 is 28.5 Å². The smallest absolute Gasteiger partial charge is 0.340 e. The van der Waals surface area contributed by atoms with Crippen LogP contribution in [0.3, 0.4) is 0 Å². The van der Waals surface area contributed by atoms with Crippen molar-refractivity contribution in [2.75, 3.05) is 46.0 Å². The maximum atomic E-state index is 13.8. The number of amides is 1. The third kappa shape index (κ3) is 6.94. The molecule has 0 heterocycles. The monoisotopic (exact) mass is 449 g/mol. The average Bonchev–Trinajstić information content (AvgIpc) is 2.80. The Morgan fingerprint density at radius 3 is 2.28 bits per heavy atom. The summed E-state index contributed by atoms with van der Waals surface area (Å²) < 4.78 is 21.7. The van der Waals surface area contributed by atoms with Crippen LogP contribution in [0, 0.1) is 11.8 Å². The summed E-state index contributed by atoms with van der Waals surface area (Å²) in [6, 6.07) is 4.87. The van der Waals surface area contributed by atoms with E-state index in [9.17, 15) is 9.59 Å². The summed E-state index contributed by atoms with van der Waals surface area (Å²) in [6.45, 7) is 5.46. The first-order chi connectivity index (χ1) is 15.5. The number of hydrogen-bond donors (Lipinski definition) is 0. The molecule has 0 aromatic heterocycles. The van der Waals surface area contributed by atoms with Crippen LogP contribution in [0.2, 0.25) is 0 Å². The lowest BCUT2D eigenvalue weighted by molar-refractivity contribution is -0.124. The van der Waals surface area contributed by atoms with Crippen LogP contribution in [0.15, 0.2) is 18.2 Å². The molecular weight excluding hydrogens is 410 g/mol. The normalized spacial score (nSPS) is 18.4. The van der Waals surface area contributed by atoms with E-state index < -0.39 is 5.97 Å². The van der Waals surface area contributed by atoms with Crippen LogP contribution < -0.4 is 9.64 Å². The molecular formula is C25H39NO6. The Balaban J connectivity index is 2.47. The van der Waals surface area contributed by atoms with Gasteiger partial charge >= 0.3 is 5.97 Å². The number of ether oxygens (including phenoxy) is 4. The number of rotatable bonds is 12. The van der Waals surface area contributed by atoms with Gasteiger partial charge in [0.1, 0.15) is 5.75 Å². The SMILES string of the molecule is CCCCOc1ccc(N(C(=O)C2CCC(C)CC2)C(COC)COC)c(C(=O)OC)c1. The molecule has 1 saturated carbocycles. The van der Waals surface area contributed by atoms with Gasteiger partial charge in [-0.05, 0) is 56.2 Å². The van der Waals surface area contributed by atoms with E-state index in [1.54, 1.807) is 37.3 Å². The number of anilines is 1. The fourth-order valence-electron chi connectivity index (χ4n) is 4.20. The predicted molar refractivity (Wildman–Crippen MR) is 124 cm³/mol. The van der Waals surface area contributed by atoms with Crippen molar-refractivity contribution in [2.45, 2.75) is 58.4 Å². The zero-order valence-electron chi connectivity index (χ0n) is 20.2. The Morgan fingerprint density at radius 2 is 1.72 bits per heavy atom. The first-order valence-corrected chi connectivity index (χ1v) is 11.6. The van der Waals surface area contributed by atoms with Gasteiger partial charge in [-0.3, -0.25) is 4.79 Å². The van der Waals surface area contributed by atoms with Crippen molar-refractivity contribution >= 4 is 17.6 Å². The molecule has 0 N–H and O–H groups in total. The first kappa shape index (κ1) is 26.1. The number of carbonyl (C=O) groups excluding carboxylic acids is 2. The van der Waals surface area contributed by atoms with E-state index >= 15 is 0 Å². The topological polar surface area (TPSA) is 74.3 Å². The summed E-state index contributed by atoms with van der Waals surface area (Å²) in [5.41, 5.74) is 0.804. The first-order valence-electron chi connectivity index (χ1n) is 11.6. The van der Waals surface area contributed by atoms with Gasteiger partial charge in [-0.1, -0.05) is 20.3 Å². The molecule has 1 aliphatic rings. The number of esters is 1. The molecule has 1 aromatic carbocycles. The second kappa shape index (κ2) is 13.4. The molecule has 7 heteroatoms. The molecule has 180 valence electrons. The van der Waals surface area contributed by atoms with Crippen LogP contribution in [0.1, 0.15) is 62.7 Å². The third-order valence-corrected chi connectivity index (χ3v) is 6.09. The molecule has 1 fully saturated rings. The molecule has 0 radical (unpaired) electrons. The number of carbonyl (C=O) groups is 2. The highest BCUT2D eigenvalue weighted by molar-refractivity contribution is 6.04. The predicted octanol–water partition coefficient (Wildman–Crippen LogP) is 4.47. The highest BCUT2D eigenvalue weighted by Gasteiger charge is 2.35. The molecule has 0 atom stereocenters. The summed E-state index contributed by atoms with van der Waals surface area (Å²) in [5.74, 6) is 0.613. The number of hydrogen-bond acceptors (Lipinski definition) is 6. The zero-order valence-corrected chi connectivity index (χ0v) is 20.2. The van der Waals surface area contributed by atoms with Crippen molar-refractivity contribution in [3.63, 3.8) is 0 Å². The van der Waals surface area contributed by atoms with E-state index in [1.165, 1.54) is 7.11 Å². The van der Waals surface area contributed by atoms with Crippen LogP contribution in [-0.2, 0) is 19.0 Å². The van der Waals surface area contributed by atoms with E-state index in [4.69, 9.17) is 18.9 Å². The van der Waals surface area contributed by atoms with Crippen molar-refractivity contribution in [1.82, 2.24) is 0 Å². The number of nitrogens with zero attached hydrogens (tertiary/aromatic N) is 1. The van der Waals surface area contributed by atoms with Crippen LogP contribution in [-0.4, -0.2) is 59.1 Å². The standard InChI is InChI=1S/C25H39NO6/c1-6-7-14-32-21-12-13-23(22(15-21)25(28)31-5)26(20(16-29-3)17-30-4)24(27)19-10-8-18(2)9-11-19/h12-13,15,18-20H,6-11,14,16-17H2,1-5H3. The summed E-state index contributed by atoms with van der Waals surface area (Å²) in [7, 11) is 4.53. The molecule has 0 aliphatic heterocycles. The fraction of sp³-hybridized carbons (Fsp3) is 0.680. The molecule has 0 saturated heterocycles. The van der Waals surface area contributed by atoms with E-state index in [1.807, 2.05) is 0 Å². The molecule has 1 aliphatic carbocycles. The van der Waals surface area contributed by atoms with Gasteiger partial charge < -0.3 is 23.8 Å². The highest BCUT2D eigenvalue weighted by Crippen LogP contribution is 2.34. The number of benzene rings is 1. The third-order valence-electron chi connectivity index (χ3n) is 6.09. The Hall–Kier alpha value is -2.12. The second-order valence-corrected chi connectivity index (χ2v) is 8.60. The maximum absolute atomic E-state index is 13.8. The maximum Gasteiger partial charge on any atom is 0.340 e. The molecule has 0 bridgehead atoms. The van der Waals surface area contributed by atoms with E-state index in [-0.39, 0.29) is 31.1 Å². The lowest BCUT2D eigenvalue weighted by atomic mass is 9.82. The van der Waals surface area contributed by atoms with Crippen molar-refractivity contribution in [3.05, 3.63) is 23.8 Å². The molecule has 0 spiro atoms. The van der Waals surface area contributed by atoms with E-state index in [0.717, 1.165) is 38.5 Å². The van der Waals surface area contributed by atoms with Crippen LogP contribution in [0.25, 0.3) is 0 Å². The Morgan fingerprint density at radius 1 is 1.06 bits per heavy atom. The van der Waals surface area contributed by atoms with Gasteiger partial charge in [0.25, 0.3) is 0 Å². The molecule has 7 nitrogen and oxygen atoms in total. The van der Waals surface area contributed by atoms with Gasteiger partial charge in [-0.25, -0.2) is 4.79 Å². The lowest BCUT2D eigenvalue weighted by Crippen LogP contribution is -2.49. The van der Waals surface area contributed by atoms with Crippen molar-refractivity contribution in [2.24, 2.45) is 11.8 Å². The van der Waals surface area contributed by atoms with Gasteiger partial charge in [0.15, 0.2) is 0 Å². The number of methoxy groups -OCH3 is 3. The molecule has 0 unspecified atom stereocenters. The summed E-state index contributed by atoms with van der Waals surface area (Å²) in [4.78, 5) is 28.2. The van der Waals surface area contributed by atoms with Crippen molar-refractivity contribution in [1.29, 1.82) is 0 Å². The minimum Gasteiger partial charge on any atom is -0.494 e. The van der Waals surface area contributed by atoms with Gasteiger partial charge in [-0.15, -0.1) is 0 Å². The minimum atomic E-state index is -0.510. The van der Waals surface area contributed by atoms with E-state index in [0.29, 0.717) is 29.5 Å². The van der Waals surface area contributed by atoms with Gasteiger partial charge in [0.05, 0.1) is 44.2 Å². The largest absolute Gasteiger partial charge is 0.494 e. The van der Waals surface area contributed by atoms with Crippen LogP contribution >= 0.6 is 0 Å². The van der Waals surface area contributed by atoms with Crippen LogP contribution in [0.4, 0.5) is 5.69 Å².